The first-order valence-corrected chi connectivity index (χ1v) is 7.07. The number of rotatable bonds is 2. The molecule has 0 atom stereocenters. The largest absolute Gasteiger partial charge is 0.371 e. The number of nitrogens with zero attached hydrogens (tertiary/aromatic N) is 1. The first-order valence-electron chi connectivity index (χ1n) is 7.07. The topological polar surface area (TPSA) is 3.24 Å². The molecule has 0 aliphatic carbocycles. The van der Waals surface area contributed by atoms with Gasteiger partial charge in [-0.3, -0.25) is 0 Å². The highest BCUT2D eigenvalue weighted by molar-refractivity contribution is 5.57. The number of anilines is 1. The minimum absolute atomic E-state index is 1.15. The van der Waals surface area contributed by atoms with Gasteiger partial charge in [-0.25, -0.2) is 0 Å². The van der Waals surface area contributed by atoms with E-state index >= 15 is 0 Å². The van der Waals surface area contributed by atoms with Crippen LogP contribution in [0.4, 0.5) is 5.69 Å². The Morgan fingerprint density at radius 2 is 1.59 bits per heavy atom. The minimum Gasteiger partial charge on any atom is -0.371 e. The second kappa shape index (κ2) is 6.68. The van der Waals surface area contributed by atoms with E-state index in [0.717, 1.165) is 6.42 Å². The van der Waals surface area contributed by atoms with Crippen LogP contribution < -0.4 is 4.90 Å². The molecule has 0 N–H and O–H groups in total. The fourth-order valence-corrected chi connectivity index (χ4v) is 2.56. The molecule has 1 aromatic rings. The Bertz CT molecular complexity index is 349. The molecule has 0 aromatic heterocycles. The summed E-state index contributed by atoms with van der Waals surface area (Å²) >= 11 is 0. The van der Waals surface area contributed by atoms with Crippen molar-refractivity contribution < 1.29 is 0 Å². The Balaban J connectivity index is 0.000000686. The predicted molar refractivity (Wildman–Crippen MR) is 78.1 cm³/mol. The third-order valence-corrected chi connectivity index (χ3v) is 3.48. The van der Waals surface area contributed by atoms with Crippen molar-refractivity contribution in [2.45, 2.75) is 53.9 Å². The van der Waals surface area contributed by atoms with Crippen molar-refractivity contribution in [3.05, 3.63) is 28.8 Å². The highest BCUT2D eigenvalue weighted by Gasteiger charge is 2.15. The normalized spacial score (nSPS) is 14.5. The van der Waals surface area contributed by atoms with Gasteiger partial charge in [-0.05, 0) is 55.9 Å². The zero-order chi connectivity index (χ0) is 12.8. The van der Waals surface area contributed by atoms with Crippen LogP contribution in [0.1, 0.15) is 50.3 Å². The Kier molecular flexibility index (Phi) is 5.54. The van der Waals surface area contributed by atoms with Crippen LogP contribution in [0, 0.1) is 13.8 Å². The van der Waals surface area contributed by atoms with Gasteiger partial charge in [0.1, 0.15) is 0 Å². The average molecular weight is 233 g/mol. The molecule has 1 nitrogen and oxygen atoms in total. The van der Waals surface area contributed by atoms with Crippen molar-refractivity contribution in [2.24, 2.45) is 0 Å². The summed E-state index contributed by atoms with van der Waals surface area (Å²) in [6.45, 7) is 13.2. The molecule has 0 bridgehead atoms. The maximum absolute atomic E-state index is 2.54. The van der Waals surface area contributed by atoms with Gasteiger partial charge in [0.2, 0.25) is 0 Å². The quantitative estimate of drug-likeness (QED) is 0.727. The summed E-state index contributed by atoms with van der Waals surface area (Å²) in [5.74, 6) is 0. The Morgan fingerprint density at radius 1 is 1.00 bits per heavy atom. The van der Waals surface area contributed by atoms with Gasteiger partial charge in [-0.1, -0.05) is 26.8 Å². The molecule has 1 aromatic carbocycles. The number of hydrogen-bond donors (Lipinski definition) is 0. The van der Waals surface area contributed by atoms with E-state index in [4.69, 9.17) is 0 Å². The first kappa shape index (κ1) is 14.1. The highest BCUT2D eigenvalue weighted by Crippen LogP contribution is 2.27. The van der Waals surface area contributed by atoms with E-state index in [0.29, 0.717) is 0 Å². The van der Waals surface area contributed by atoms with Crippen molar-refractivity contribution >= 4 is 5.69 Å². The van der Waals surface area contributed by atoms with Gasteiger partial charge in [0.05, 0.1) is 0 Å². The summed E-state index contributed by atoms with van der Waals surface area (Å²) in [6, 6.07) is 4.74. The lowest BCUT2D eigenvalue weighted by atomic mass is 10.0. The van der Waals surface area contributed by atoms with Gasteiger partial charge in [0.15, 0.2) is 0 Å². The van der Waals surface area contributed by atoms with Crippen LogP contribution >= 0.6 is 0 Å². The lowest BCUT2D eigenvalue weighted by Crippen LogP contribution is -2.19. The van der Waals surface area contributed by atoms with Crippen LogP contribution in [0.2, 0.25) is 0 Å². The minimum atomic E-state index is 1.15. The molecule has 1 fully saturated rings. The molecule has 96 valence electrons. The molecule has 1 saturated heterocycles. The van der Waals surface area contributed by atoms with Crippen molar-refractivity contribution in [3.8, 4) is 0 Å². The number of aryl methyl sites for hydroxylation is 3. The molecule has 1 aliphatic rings. The maximum atomic E-state index is 2.54. The summed E-state index contributed by atoms with van der Waals surface area (Å²) in [5.41, 5.74) is 5.85. The molecule has 0 saturated carbocycles. The van der Waals surface area contributed by atoms with Crippen LogP contribution in [0.5, 0.6) is 0 Å². The van der Waals surface area contributed by atoms with Crippen molar-refractivity contribution in [2.75, 3.05) is 18.0 Å². The van der Waals surface area contributed by atoms with E-state index in [2.05, 4.69) is 37.8 Å². The van der Waals surface area contributed by atoms with Gasteiger partial charge in [-0.2, -0.15) is 0 Å². The van der Waals surface area contributed by atoms with Crippen LogP contribution in [0.15, 0.2) is 12.1 Å². The summed E-state index contributed by atoms with van der Waals surface area (Å²) < 4.78 is 0. The molecular weight excluding hydrogens is 206 g/mol. The lowest BCUT2D eigenvalue weighted by molar-refractivity contribution is 0.949. The number of hydrogen-bond acceptors (Lipinski definition) is 1. The highest BCUT2D eigenvalue weighted by atomic mass is 15.1. The molecule has 0 amide bonds. The molecule has 0 unspecified atom stereocenters. The monoisotopic (exact) mass is 233 g/mol. The molecule has 0 spiro atoms. The van der Waals surface area contributed by atoms with Crippen molar-refractivity contribution in [1.29, 1.82) is 0 Å². The second-order valence-corrected chi connectivity index (χ2v) is 4.61. The van der Waals surface area contributed by atoms with Crippen LogP contribution in [-0.4, -0.2) is 13.1 Å². The Hall–Kier alpha value is -0.980. The van der Waals surface area contributed by atoms with E-state index in [1.807, 2.05) is 13.8 Å². The molecular formula is C16H27N. The Morgan fingerprint density at radius 3 is 2.12 bits per heavy atom. The standard InChI is InChI=1S/C14H21N.C2H6/c1-4-13-10-14(12(3)9-11(13)2)15-7-5-6-8-15;1-2/h9-10H,4-8H2,1-3H3;1-2H3. The molecule has 0 radical (unpaired) electrons. The predicted octanol–water partition coefficient (Wildman–Crippen LogP) is 4.49. The van der Waals surface area contributed by atoms with Gasteiger partial charge >= 0.3 is 0 Å². The van der Waals surface area contributed by atoms with E-state index in [1.54, 1.807) is 0 Å². The SMILES string of the molecule is CC.CCc1cc(N2CCCC2)c(C)cc1C. The zero-order valence-corrected chi connectivity index (χ0v) is 12.1. The van der Waals surface area contributed by atoms with Crippen molar-refractivity contribution in [1.82, 2.24) is 0 Å². The van der Waals surface area contributed by atoms with E-state index < -0.39 is 0 Å². The lowest BCUT2D eigenvalue weighted by Gasteiger charge is -2.22. The maximum Gasteiger partial charge on any atom is 0.0398 e. The first-order chi connectivity index (χ1) is 8.22. The molecule has 1 aliphatic heterocycles. The van der Waals surface area contributed by atoms with E-state index in [1.165, 1.54) is 48.3 Å². The third-order valence-electron chi connectivity index (χ3n) is 3.48. The average Bonchev–Trinajstić information content (AvgIpc) is 2.85. The van der Waals surface area contributed by atoms with Gasteiger partial charge in [0.25, 0.3) is 0 Å². The van der Waals surface area contributed by atoms with Crippen LogP contribution in [-0.2, 0) is 6.42 Å². The molecule has 1 heteroatoms. The summed E-state index contributed by atoms with van der Waals surface area (Å²) in [7, 11) is 0. The summed E-state index contributed by atoms with van der Waals surface area (Å²) in [6.07, 6.45) is 3.86. The van der Waals surface area contributed by atoms with Crippen LogP contribution in [0.25, 0.3) is 0 Å². The third kappa shape index (κ3) is 3.24. The second-order valence-electron chi connectivity index (χ2n) is 4.61. The van der Waals surface area contributed by atoms with E-state index in [-0.39, 0.29) is 0 Å². The Labute approximate surface area is 107 Å². The smallest absolute Gasteiger partial charge is 0.0398 e. The number of benzene rings is 1. The fraction of sp³-hybridized carbons (Fsp3) is 0.625. The molecule has 17 heavy (non-hydrogen) atoms. The molecule has 2 rings (SSSR count). The summed E-state index contributed by atoms with van der Waals surface area (Å²) in [5, 5.41) is 0. The fourth-order valence-electron chi connectivity index (χ4n) is 2.56. The van der Waals surface area contributed by atoms with Gasteiger partial charge in [0, 0.05) is 18.8 Å². The van der Waals surface area contributed by atoms with Crippen molar-refractivity contribution in [3.63, 3.8) is 0 Å². The zero-order valence-electron chi connectivity index (χ0n) is 12.1. The van der Waals surface area contributed by atoms with Crippen LogP contribution in [0.3, 0.4) is 0 Å². The van der Waals surface area contributed by atoms with Gasteiger partial charge < -0.3 is 4.90 Å². The molecule has 1 heterocycles. The van der Waals surface area contributed by atoms with Gasteiger partial charge in [-0.15, -0.1) is 0 Å². The summed E-state index contributed by atoms with van der Waals surface area (Å²) in [4.78, 5) is 2.54. The van der Waals surface area contributed by atoms with E-state index in [9.17, 15) is 0 Å².